The van der Waals surface area contributed by atoms with E-state index >= 15 is 0 Å². The summed E-state index contributed by atoms with van der Waals surface area (Å²) in [5.41, 5.74) is -0.0679. The zero-order chi connectivity index (χ0) is 13.8. The summed E-state index contributed by atoms with van der Waals surface area (Å²) in [4.78, 5) is 14.0. The van der Waals surface area contributed by atoms with E-state index < -0.39 is 4.92 Å². The molecule has 0 fully saturated rings. The number of aromatic nitrogens is 1. The average molecular weight is 253 g/mol. The standard InChI is InChI=1S/C12H19N3O3/c1-12(2,3)10(6-7-16)14-11-5-4-9(8-13-11)15(17)18/h4-5,8,10,16H,6-7H2,1-3H3,(H,13,14). The van der Waals surface area contributed by atoms with Crippen LogP contribution in [-0.4, -0.2) is 27.7 Å². The van der Waals surface area contributed by atoms with Crippen LogP contribution in [0.25, 0.3) is 0 Å². The number of pyridine rings is 1. The van der Waals surface area contributed by atoms with Gasteiger partial charge in [-0.2, -0.15) is 0 Å². The Labute approximate surface area is 106 Å². The maximum atomic E-state index is 10.5. The van der Waals surface area contributed by atoms with Gasteiger partial charge >= 0.3 is 0 Å². The van der Waals surface area contributed by atoms with Gasteiger partial charge in [-0.25, -0.2) is 4.98 Å². The highest BCUT2D eigenvalue weighted by atomic mass is 16.6. The van der Waals surface area contributed by atoms with Crippen molar-refractivity contribution in [2.24, 2.45) is 5.41 Å². The quantitative estimate of drug-likeness (QED) is 0.620. The lowest BCUT2D eigenvalue weighted by Crippen LogP contribution is -2.35. The Balaban J connectivity index is 2.78. The van der Waals surface area contributed by atoms with Crippen molar-refractivity contribution < 1.29 is 10.0 Å². The van der Waals surface area contributed by atoms with Crippen LogP contribution in [0.2, 0.25) is 0 Å². The first kappa shape index (κ1) is 14.4. The van der Waals surface area contributed by atoms with Gasteiger partial charge in [0.25, 0.3) is 5.69 Å². The van der Waals surface area contributed by atoms with Crippen molar-refractivity contribution in [2.45, 2.75) is 33.2 Å². The smallest absolute Gasteiger partial charge is 0.287 e. The number of nitrogens with zero attached hydrogens (tertiary/aromatic N) is 2. The number of aliphatic hydroxyl groups excluding tert-OH is 1. The molecule has 6 heteroatoms. The molecular weight excluding hydrogens is 234 g/mol. The zero-order valence-corrected chi connectivity index (χ0v) is 10.9. The van der Waals surface area contributed by atoms with Crippen molar-refractivity contribution in [3.63, 3.8) is 0 Å². The Hall–Kier alpha value is -1.69. The summed E-state index contributed by atoms with van der Waals surface area (Å²) in [6.07, 6.45) is 1.82. The van der Waals surface area contributed by atoms with Crippen LogP contribution in [0.3, 0.4) is 0 Å². The molecule has 2 N–H and O–H groups in total. The number of hydrogen-bond acceptors (Lipinski definition) is 5. The van der Waals surface area contributed by atoms with E-state index in [0.29, 0.717) is 12.2 Å². The molecule has 6 nitrogen and oxygen atoms in total. The second-order valence-electron chi connectivity index (χ2n) is 5.23. The molecule has 1 aromatic heterocycles. The summed E-state index contributed by atoms with van der Waals surface area (Å²) in [5, 5.41) is 22.7. The predicted octanol–water partition coefficient (Wildman–Crippen LogP) is 2.20. The normalized spacial score (nSPS) is 13.1. The van der Waals surface area contributed by atoms with Gasteiger partial charge in [0.05, 0.1) is 4.92 Å². The van der Waals surface area contributed by atoms with Gasteiger partial charge in [-0.15, -0.1) is 0 Å². The lowest BCUT2D eigenvalue weighted by atomic mass is 9.85. The minimum Gasteiger partial charge on any atom is -0.396 e. The second-order valence-corrected chi connectivity index (χ2v) is 5.23. The fourth-order valence-corrected chi connectivity index (χ4v) is 1.61. The molecule has 0 amide bonds. The maximum Gasteiger partial charge on any atom is 0.287 e. The van der Waals surface area contributed by atoms with Gasteiger partial charge in [-0.1, -0.05) is 20.8 Å². The van der Waals surface area contributed by atoms with Crippen LogP contribution >= 0.6 is 0 Å². The van der Waals surface area contributed by atoms with Gasteiger partial charge in [0.1, 0.15) is 12.0 Å². The molecule has 0 aliphatic carbocycles. The van der Waals surface area contributed by atoms with Gasteiger partial charge in [0, 0.05) is 18.7 Å². The molecule has 0 bridgehead atoms. The molecular formula is C12H19N3O3. The zero-order valence-electron chi connectivity index (χ0n) is 10.9. The molecule has 0 aliphatic heterocycles. The summed E-state index contributed by atoms with van der Waals surface area (Å²) < 4.78 is 0. The third-order valence-corrected chi connectivity index (χ3v) is 2.74. The van der Waals surface area contributed by atoms with Crippen LogP contribution in [0.4, 0.5) is 11.5 Å². The van der Waals surface area contributed by atoms with Crippen molar-refractivity contribution >= 4 is 11.5 Å². The highest BCUT2D eigenvalue weighted by Gasteiger charge is 2.24. The van der Waals surface area contributed by atoms with Crippen LogP contribution in [-0.2, 0) is 0 Å². The molecule has 0 aliphatic rings. The van der Waals surface area contributed by atoms with Crippen molar-refractivity contribution in [3.05, 3.63) is 28.4 Å². The monoisotopic (exact) mass is 253 g/mol. The second kappa shape index (κ2) is 5.77. The van der Waals surface area contributed by atoms with Crippen molar-refractivity contribution in [2.75, 3.05) is 11.9 Å². The number of rotatable bonds is 5. The largest absolute Gasteiger partial charge is 0.396 e. The molecule has 0 radical (unpaired) electrons. The SMILES string of the molecule is CC(C)(C)C(CCO)Nc1ccc([N+](=O)[O-])cn1. The van der Waals surface area contributed by atoms with E-state index in [-0.39, 0.29) is 23.8 Å². The molecule has 0 aromatic carbocycles. The van der Waals surface area contributed by atoms with E-state index in [2.05, 4.69) is 31.1 Å². The predicted molar refractivity (Wildman–Crippen MR) is 69.5 cm³/mol. The van der Waals surface area contributed by atoms with Gasteiger partial charge in [0.2, 0.25) is 0 Å². The topological polar surface area (TPSA) is 88.3 Å². The van der Waals surface area contributed by atoms with E-state index in [1.807, 2.05) is 0 Å². The van der Waals surface area contributed by atoms with E-state index in [9.17, 15) is 10.1 Å². The van der Waals surface area contributed by atoms with Crippen molar-refractivity contribution in [1.82, 2.24) is 4.98 Å². The summed E-state index contributed by atoms with van der Waals surface area (Å²) in [5.74, 6) is 0.578. The van der Waals surface area contributed by atoms with E-state index in [1.54, 1.807) is 6.07 Å². The van der Waals surface area contributed by atoms with Crippen LogP contribution in [0.1, 0.15) is 27.2 Å². The molecule has 1 heterocycles. The van der Waals surface area contributed by atoms with Crippen LogP contribution in [0.5, 0.6) is 0 Å². The number of aliphatic hydroxyl groups is 1. The molecule has 18 heavy (non-hydrogen) atoms. The Kier molecular flexibility index (Phi) is 4.61. The van der Waals surface area contributed by atoms with Crippen molar-refractivity contribution in [3.8, 4) is 0 Å². The van der Waals surface area contributed by atoms with Gasteiger partial charge in [0.15, 0.2) is 0 Å². The highest BCUT2D eigenvalue weighted by molar-refractivity contribution is 5.41. The van der Waals surface area contributed by atoms with Gasteiger partial charge in [-0.3, -0.25) is 10.1 Å². The minimum atomic E-state index is -0.480. The first-order valence-corrected chi connectivity index (χ1v) is 5.82. The Morgan fingerprint density at radius 1 is 1.50 bits per heavy atom. The Morgan fingerprint density at radius 2 is 2.17 bits per heavy atom. The molecule has 100 valence electrons. The van der Waals surface area contributed by atoms with Gasteiger partial charge < -0.3 is 10.4 Å². The van der Waals surface area contributed by atoms with E-state index in [1.165, 1.54) is 12.3 Å². The number of anilines is 1. The lowest BCUT2D eigenvalue weighted by Gasteiger charge is -2.31. The molecule has 1 aromatic rings. The maximum absolute atomic E-state index is 10.5. The summed E-state index contributed by atoms with van der Waals surface area (Å²) in [6, 6.07) is 3.04. The fraction of sp³-hybridized carbons (Fsp3) is 0.583. The third-order valence-electron chi connectivity index (χ3n) is 2.74. The summed E-state index contributed by atoms with van der Waals surface area (Å²) >= 11 is 0. The summed E-state index contributed by atoms with van der Waals surface area (Å²) in [6.45, 7) is 6.27. The third kappa shape index (κ3) is 3.96. The van der Waals surface area contributed by atoms with E-state index in [0.717, 1.165) is 0 Å². The Bertz CT molecular complexity index is 398. The molecule has 1 atom stereocenters. The number of hydrogen-bond donors (Lipinski definition) is 2. The summed E-state index contributed by atoms with van der Waals surface area (Å²) in [7, 11) is 0. The highest BCUT2D eigenvalue weighted by Crippen LogP contribution is 2.25. The van der Waals surface area contributed by atoms with Crippen molar-refractivity contribution in [1.29, 1.82) is 0 Å². The molecule has 1 rings (SSSR count). The molecule has 0 spiro atoms. The number of nitro groups is 1. The fourth-order valence-electron chi connectivity index (χ4n) is 1.61. The number of nitrogens with one attached hydrogen (secondary N) is 1. The minimum absolute atomic E-state index is 0.0324. The van der Waals surface area contributed by atoms with Gasteiger partial charge in [-0.05, 0) is 17.9 Å². The molecule has 0 saturated carbocycles. The first-order valence-electron chi connectivity index (χ1n) is 5.82. The average Bonchev–Trinajstić information content (AvgIpc) is 2.28. The van der Waals surface area contributed by atoms with Crippen LogP contribution in [0, 0.1) is 15.5 Å². The lowest BCUT2D eigenvalue weighted by molar-refractivity contribution is -0.385. The first-order chi connectivity index (χ1) is 8.34. The van der Waals surface area contributed by atoms with Crippen LogP contribution < -0.4 is 5.32 Å². The molecule has 1 unspecified atom stereocenters. The van der Waals surface area contributed by atoms with Crippen LogP contribution in [0.15, 0.2) is 18.3 Å². The Morgan fingerprint density at radius 3 is 2.56 bits per heavy atom. The molecule has 0 saturated heterocycles. The van der Waals surface area contributed by atoms with E-state index in [4.69, 9.17) is 5.11 Å².